The fourth-order valence-corrected chi connectivity index (χ4v) is 7.40. The van der Waals surface area contributed by atoms with Gasteiger partial charge in [0, 0.05) is 25.7 Å². The van der Waals surface area contributed by atoms with Crippen molar-refractivity contribution in [3.8, 4) is 22.3 Å². The van der Waals surface area contributed by atoms with Gasteiger partial charge in [0.05, 0.1) is 0 Å². The third-order valence-corrected chi connectivity index (χ3v) is 9.11. The van der Waals surface area contributed by atoms with E-state index in [1.807, 2.05) is 11.3 Å². The third-order valence-electron chi connectivity index (χ3n) is 7.89. The fraction of sp³-hybridized carbons (Fsp3) is 0.0270. The van der Waals surface area contributed by atoms with E-state index < -0.39 is 0 Å². The van der Waals surface area contributed by atoms with Gasteiger partial charge in [0.15, 0.2) is 0 Å². The van der Waals surface area contributed by atoms with Gasteiger partial charge in [0.1, 0.15) is 0 Å². The Bertz CT molecular complexity index is 2200. The van der Waals surface area contributed by atoms with Crippen molar-refractivity contribution in [2.45, 2.75) is 6.92 Å². The molecule has 1 heterocycles. The van der Waals surface area contributed by atoms with Crippen LogP contribution in [0.25, 0.3) is 74.7 Å². The number of aryl methyl sites for hydroxylation is 1. The van der Waals surface area contributed by atoms with Crippen molar-refractivity contribution in [2.75, 3.05) is 0 Å². The van der Waals surface area contributed by atoms with Crippen LogP contribution >= 0.6 is 11.3 Å². The molecule has 0 saturated heterocycles. The maximum atomic E-state index is 2.38. The van der Waals surface area contributed by atoms with E-state index in [0.717, 1.165) is 0 Å². The lowest BCUT2D eigenvalue weighted by Crippen LogP contribution is -1.92. The van der Waals surface area contributed by atoms with Crippen LogP contribution in [-0.4, -0.2) is 0 Å². The lowest BCUT2D eigenvalue weighted by Gasteiger charge is -2.19. The van der Waals surface area contributed by atoms with Crippen molar-refractivity contribution in [3.63, 3.8) is 0 Å². The molecule has 0 aliphatic carbocycles. The standard InChI is InChI=1S/C37H24S/c1-23-17-20-30-33(21-23)36(32-15-8-14-31-27-11-6-7-16-34(27)38-37(31)32)29-13-5-4-12-28(29)35(30)26-19-18-24-9-2-3-10-25(24)22-26/h2-22H,1H3. The van der Waals surface area contributed by atoms with Crippen LogP contribution in [0, 0.1) is 6.92 Å². The molecule has 0 spiro atoms. The van der Waals surface area contributed by atoms with Crippen molar-refractivity contribution < 1.29 is 0 Å². The van der Waals surface area contributed by atoms with Gasteiger partial charge in [0.2, 0.25) is 0 Å². The molecule has 178 valence electrons. The van der Waals surface area contributed by atoms with Gasteiger partial charge in [-0.05, 0) is 68.1 Å². The van der Waals surface area contributed by atoms with E-state index in [0.29, 0.717) is 0 Å². The summed E-state index contributed by atoms with van der Waals surface area (Å²) in [6.07, 6.45) is 0. The van der Waals surface area contributed by atoms with Gasteiger partial charge >= 0.3 is 0 Å². The zero-order chi connectivity index (χ0) is 25.2. The SMILES string of the molecule is Cc1ccc2c(-c3ccc4ccccc4c3)c3ccccc3c(-c3cccc4c3sc3ccccc34)c2c1. The monoisotopic (exact) mass is 500 g/mol. The van der Waals surface area contributed by atoms with Crippen LogP contribution in [0.1, 0.15) is 5.56 Å². The van der Waals surface area contributed by atoms with E-state index >= 15 is 0 Å². The van der Waals surface area contributed by atoms with E-state index in [1.54, 1.807) is 0 Å². The summed E-state index contributed by atoms with van der Waals surface area (Å²) in [6, 6.07) is 47.1. The average Bonchev–Trinajstić information content (AvgIpc) is 3.35. The van der Waals surface area contributed by atoms with Crippen molar-refractivity contribution in [1.82, 2.24) is 0 Å². The lowest BCUT2D eigenvalue weighted by atomic mass is 9.85. The topological polar surface area (TPSA) is 0 Å². The number of rotatable bonds is 2. The van der Waals surface area contributed by atoms with Gasteiger partial charge in [-0.25, -0.2) is 0 Å². The highest BCUT2D eigenvalue weighted by Gasteiger charge is 2.19. The smallest absolute Gasteiger partial charge is 0.0434 e. The molecule has 0 radical (unpaired) electrons. The third kappa shape index (κ3) is 3.16. The molecular weight excluding hydrogens is 476 g/mol. The van der Waals surface area contributed by atoms with E-state index in [2.05, 4.69) is 134 Å². The predicted octanol–water partition coefficient (Wildman–Crippen LogP) is 11.2. The molecule has 8 aromatic rings. The minimum atomic E-state index is 1.26. The molecule has 0 saturated carbocycles. The largest absolute Gasteiger partial charge is 0.135 e. The van der Waals surface area contributed by atoms with Gasteiger partial charge in [-0.3, -0.25) is 0 Å². The minimum Gasteiger partial charge on any atom is -0.135 e. The van der Waals surface area contributed by atoms with E-state index in [-0.39, 0.29) is 0 Å². The Morgan fingerprint density at radius 2 is 1.13 bits per heavy atom. The molecule has 0 nitrogen and oxygen atoms in total. The molecule has 0 aliphatic heterocycles. The minimum absolute atomic E-state index is 1.26. The molecule has 0 amide bonds. The summed E-state index contributed by atoms with van der Waals surface area (Å²) >= 11 is 1.91. The number of hydrogen-bond donors (Lipinski definition) is 0. The molecule has 0 atom stereocenters. The second-order valence-corrected chi connectivity index (χ2v) is 11.2. The van der Waals surface area contributed by atoms with Crippen LogP contribution in [0.3, 0.4) is 0 Å². The summed E-state index contributed by atoms with van der Waals surface area (Å²) in [5, 5.41) is 10.4. The second-order valence-electron chi connectivity index (χ2n) is 10.2. The summed E-state index contributed by atoms with van der Waals surface area (Å²) in [5.74, 6) is 0. The van der Waals surface area contributed by atoms with Gasteiger partial charge in [-0.1, -0.05) is 121 Å². The van der Waals surface area contributed by atoms with Crippen LogP contribution in [0.4, 0.5) is 0 Å². The Balaban J connectivity index is 1.55. The zero-order valence-electron chi connectivity index (χ0n) is 21.0. The molecule has 38 heavy (non-hydrogen) atoms. The highest BCUT2D eigenvalue weighted by atomic mass is 32.1. The maximum Gasteiger partial charge on any atom is 0.0434 e. The highest BCUT2D eigenvalue weighted by Crippen LogP contribution is 2.48. The number of fused-ring (bicyclic) bond motifs is 6. The molecule has 1 heteroatoms. The number of thiophene rings is 1. The molecule has 7 aromatic carbocycles. The van der Waals surface area contributed by atoms with E-state index in [4.69, 9.17) is 0 Å². The van der Waals surface area contributed by atoms with Gasteiger partial charge < -0.3 is 0 Å². The molecular formula is C37H24S. The average molecular weight is 501 g/mol. The van der Waals surface area contributed by atoms with Crippen LogP contribution in [0.2, 0.25) is 0 Å². The summed E-state index contributed by atoms with van der Waals surface area (Å²) in [6.45, 7) is 2.20. The van der Waals surface area contributed by atoms with Crippen molar-refractivity contribution in [2.24, 2.45) is 0 Å². The zero-order valence-corrected chi connectivity index (χ0v) is 21.8. The Labute approximate surface area is 225 Å². The first-order valence-corrected chi connectivity index (χ1v) is 13.9. The van der Waals surface area contributed by atoms with Crippen molar-refractivity contribution in [1.29, 1.82) is 0 Å². The Morgan fingerprint density at radius 1 is 0.447 bits per heavy atom. The summed E-state index contributed by atoms with van der Waals surface area (Å²) < 4.78 is 2.70. The van der Waals surface area contributed by atoms with Crippen LogP contribution in [-0.2, 0) is 0 Å². The Kier molecular flexibility index (Phi) is 4.71. The van der Waals surface area contributed by atoms with Gasteiger partial charge in [-0.2, -0.15) is 0 Å². The van der Waals surface area contributed by atoms with Crippen LogP contribution in [0.5, 0.6) is 0 Å². The Morgan fingerprint density at radius 3 is 2.00 bits per heavy atom. The molecule has 1 aromatic heterocycles. The molecule has 0 fully saturated rings. The van der Waals surface area contributed by atoms with E-state index in [1.165, 1.54) is 80.3 Å². The maximum absolute atomic E-state index is 2.38. The first kappa shape index (κ1) is 21.6. The van der Waals surface area contributed by atoms with Crippen LogP contribution < -0.4 is 0 Å². The Hall–Kier alpha value is -4.46. The normalized spacial score (nSPS) is 11.8. The summed E-state index contributed by atoms with van der Waals surface area (Å²) in [5.41, 5.74) is 6.51. The summed E-state index contributed by atoms with van der Waals surface area (Å²) in [7, 11) is 0. The van der Waals surface area contributed by atoms with Crippen molar-refractivity contribution >= 4 is 63.8 Å². The molecule has 0 bridgehead atoms. The second kappa shape index (κ2) is 8.28. The quantitative estimate of drug-likeness (QED) is 0.207. The number of hydrogen-bond acceptors (Lipinski definition) is 1. The van der Waals surface area contributed by atoms with Crippen LogP contribution in [0.15, 0.2) is 127 Å². The number of benzene rings is 7. The molecule has 0 aliphatic rings. The first-order valence-electron chi connectivity index (χ1n) is 13.1. The van der Waals surface area contributed by atoms with Gasteiger partial charge in [-0.15, -0.1) is 11.3 Å². The highest BCUT2D eigenvalue weighted by molar-refractivity contribution is 7.26. The van der Waals surface area contributed by atoms with Crippen molar-refractivity contribution in [3.05, 3.63) is 133 Å². The molecule has 8 rings (SSSR count). The summed E-state index contributed by atoms with van der Waals surface area (Å²) in [4.78, 5) is 0. The molecule has 0 N–H and O–H groups in total. The first-order chi connectivity index (χ1) is 18.8. The van der Waals surface area contributed by atoms with Gasteiger partial charge in [0.25, 0.3) is 0 Å². The van der Waals surface area contributed by atoms with E-state index in [9.17, 15) is 0 Å². The molecule has 0 unspecified atom stereocenters. The lowest BCUT2D eigenvalue weighted by molar-refractivity contribution is 1.51. The predicted molar refractivity (Wildman–Crippen MR) is 167 cm³/mol. The fourth-order valence-electron chi connectivity index (χ4n) is 6.18.